The second-order valence-electron chi connectivity index (χ2n) is 6.77. The van der Waals surface area contributed by atoms with Crippen molar-refractivity contribution in [1.82, 2.24) is 10.6 Å². The summed E-state index contributed by atoms with van der Waals surface area (Å²) in [6.07, 6.45) is 0.667. The summed E-state index contributed by atoms with van der Waals surface area (Å²) in [5.74, 6) is -0.158. The first-order valence-electron chi connectivity index (χ1n) is 8.62. The fourth-order valence-electron chi connectivity index (χ4n) is 2.60. The van der Waals surface area contributed by atoms with E-state index >= 15 is 0 Å². The highest BCUT2D eigenvalue weighted by Crippen LogP contribution is 2.09. The zero-order valence-electron chi connectivity index (χ0n) is 15.3. The summed E-state index contributed by atoms with van der Waals surface area (Å²) in [5.41, 5.74) is 3.44. The molecule has 132 valence electrons. The summed E-state index contributed by atoms with van der Waals surface area (Å²) in [6.45, 7) is 7.83. The summed E-state index contributed by atoms with van der Waals surface area (Å²) in [6, 6.07) is 15.1. The van der Waals surface area contributed by atoms with Gasteiger partial charge in [0.2, 0.25) is 0 Å². The minimum atomic E-state index is -0.0822. The second kappa shape index (κ2) is 8.47. The Hall–Kier alpha value is -2.62. The predicted octanol–water partition coefficient (Wildman–Crippen LogP) is 3.49. The number of hydrogen-bond acceptors (Lipinski definition) is 2. The zero-order chi connectivity index (χ0) is 18.4. The Morgan fingerprint density at radius 2 is 1.52 bits per heavy atom. The molecule has 2 N–H and O–H groups in total. The Morgan fingerprint density at radius 1 is 0.880 bits per heavy atom. The highest BCUT2D eigenvalue weighted by atomic mass is 16.2. The number of amides is 2. The highest BCUT2D eigenvalue weighted by molar-refractivity contribution is 5.95. The molecule has 0 saturated carbocycles. The number of nitrogens with one attached hydrogen (secondary N) is 2. The van der Waals surface area contributed by atoms with Gasteiger partial charge < -0.3 is 10.6 Å². The topological polar surface area (TPSA) is 58.2 Å². The SMILES string of the molecule is Cc1ccc(C(=O)NC(C)Cc2cccc(C(=O)NC(C)C)c2)cc1. The van der Waals surface area contributed by atoms with Gasteiger partial charge >= 0.3 is 0 Å². The van der Waals surface area contributed by atoms with Crippen molar-refractivity contribution in [3.05, 3.63) is 70.8 Å². The molecule has 0 aliphatic rings. The Balaban J connectivity index is 1.98. The van der Waals surface area contributed by atoms with Crippen LogP contribution in [0, 0.1) is 6.92 Å². The van der Waals surface area contributed by atoms with E-state index in [0.29, 0.717) is 17.5 Å². The molecule has 2 rings (SSSR count). The van der Waals surface area contributed by atoms with Gasteiger partial charge in [-0.2, -0.15) is 0 Å². The maximum Gasteiger partial charge on any atom is 0.251 e. The Bertz CT molecular complexity index is 736. The number of carbonyl (C=O) groups excluding carboxylic acids is 2. The van der Waals surface area contributed by atoms with E-state index in [4.69, 9.17) is 0 Å². The molecule has 0 bridgehead atoms. The third-order valence-electron chi connectivity index (χ3n) is 3.84. The quantitative estimate of drug-likeness (QED) is 0.847. The molecule has 2 aromatic rings. The lowest BCUT2D eigenvalue weighted by atomic mass is 10.0. The molecule has 4 nitrogen and oxygen atoms in total. The van der Waals surface area contributed by atoms with E-state index < -0.39 is 0 Å². The van der Waals surface area contributed by atoms with E-state index in [2.05, 4.69) is 10.6 Å². The molecule has 0 heterocycles. The second-order valence-corrected chi connectivity index (χ2v) is 6.77. The van der Waals surface area contributed by atoms with Gasteiger partial charge in [-0.05, 0) is 63.9 Å². The summed E-state index contributed by atoms with van der Waals surface area (Å²) in [7, 11) is 0. The lowest BCUT2D eigenvalue weighted by molar-refractivity contribution is 0.0931. The molecular weight excluding hydrogens is 312 g/mol. The molecule has 1 atom stereocenters. The summed E-state index contributed by atoms with van der Waals surface area (Å²) in [4.78, 5) is 24.4. The van der Waals surface area contributed by atoms with Crippen LogP contribution in [0.4, 0.5) is 0 Å². The van der Waals surface area contributed by atoms with E-state index in [1.807, 2.05) is 70.2 Å². The Labute approximate surface area is 149 Å². The lowest BCUT2D eigenvalue weighted by Gasteiger charge is -2.15. The summed E-state index contributed by atoms with van der Waals surface area (Å²) >= 11 is 0. The summed E-state index contributed by atoms with van der Waals surface area (Å²) in [5, 5.41) is 5.89. The molecule has 2 aromatic carbocycles. The normalized spacial score (nSPS) is 11.9. The summed E-state index contributed by atoms with van der Waals surface area (Å²) < 4.78 is 0. The van der Waals surface area contributed by atoms with E-state index in [0.717, 1.165) is 11.1 Å². The van der Waals surface area contributed by atoms with E-state index in [1.165, 1.54) is 0 Å². The fourth-order valence-corrected chi connectivity index (χ4v) is 2.60. The van der Waals surface area contributed by atoms with Gasteiger partial charge in [0.05, 0.1) is 0 Å². The van der Waals surface area contributed by atoms with E-state index in [1.54, 1.807) is 6.07 Å². The molecule has 0 aromatic heterocycles. The van der Waals surface area contributed by atoms with Crippen molar-refractivity contribution in [2.24, 2.45) is 0 Å². The largest absolute Gasteiger partial charge is 0.350 e. The smallest absolute Gasteiger partial charge is 0.251 e. The molecule has 25 heavy (non-hydrogen) atoms. The Morgan fingerprint density at radius 3 is 2.16 bits per heavy atom. The van der Waals surface area contributed by atoms with E-state index in [-0.39, 0.29) is 23.9 Å². The average Bonchev–Trinajstić information content (AvgIpc) is 2.54. The molecule has 0 fully saturated rings. The zero-order valence-corrected chi connectivity index (χ0v) is 15.3. The highest BCUT2D eigenvalue weighted by Gasteiger charge is 2.12. The van der Waals surface area contributed by atoms with Crippen LogP contribution in [0.1, 0.15) is 52.6 Å². The van der Waals surface area contributed by atoms with Crippen LogP contribution in [0.5, 0.6) is 0 Å². The van der Waals surface area contributed by atoms with Gasteiger partial charge in [0.25, 0.3) is 11.8 Å². The van der Waals surface area contributed by atoms with Crippen LogP contribution < -0.4 is 10.6 Å². The number of carbonyl (C=O) groups is 2. The first kappa shape index (κ1) is 18.7. The van der Waals surface area contributed by atoms with Gasteiger partial charge in [0, 0.05) is 23.2 Å². The number of hydrogen-bond donors (Lipinski definition) is 2. The van der Waals surface area contributed by atoms with Gasteiger partial charge in [-0.25, -0.2) is 0 Å². The first-order valence-corrected chi connectivity index (χ1v) is 8.62. The number of benzene rings is 2. The van der Waals surface area contributed by atoms with Crippen LogP contribution in [0.2, 0.25) is 0 Å². The maximum absolute atomic E-state index is 12.3. The third kappa shape index (κ3) is 5.75. The molecule has 0 aliphatic carbocycles. The number of aryl methyl sites for hydroxylation is 1. The van der Waals surface area contributed by atoms with Crippen molar-refractivity contribution in [3.63, 3.8) is 0 Å². The van der Waals surface area contributed by atoms with Gasteiger partial charge in [0.15, 0.2) is 0 Å². The van der Waals surface area contributed by atoms with Crippen LogP contribution in [0.15, 0.2) is 48.5 Å². The molecule has 0 saturated heterocycles. The van der Waals surface area contributed by atoms with Crippen molar-refractivity contribution >= 4 is 11.8 Å². The van der Waals surface area contributed by atoms with Crippen LogP contribution in [-0.4, -0.2) is 23.9 Å². The van der Waals surface area contributed by atoms with Gasteiger partial charge in [-0.15, -0.1) is 0 Å². The minimum Gasteiger partial charge on any atom is -0.350 e. The molecule has 1 unspecified atom stereocenters. The average molecular weight is 338 g/mol. The van der Waals surface area contributed by atoms with Gasteiger partial charge in [-0.1, -0.05) is 29.8 Å². The monoisotopic (exact) mass is 338 g/mol. The minimum absolute atomic E-state index is 0.0304. The number of rotatable bonds is 6. The first-order chi connectivity index (χ1) is 11.8. The van der Waals surface area contributed by atoms with Crippen molar-refractivity contribution in [3.8, 4) is 0 Å². The molecular formula is C21H26N2O2. The Kier molecular flexibility index (Phi) is 6.34. The third-order valence-corrected chi connectivity index (χ3v) is 3.84. The van der Waals surface area contributed by atoms with Crippen LogP contribution >= 0.6 is 0 Å². The molecule has 0 spiro atoms. The predicted molar refractivity (Wildman–Crippen MR) is 101 cm³/mol. The van der Waals surface area contributed by atoms with Gasteiger partial charge in [0.1, 0.15) is 0 Å². The van der Waals surface area contributed by atoms with Crippen LogP contribution in [-0.2, 0) is 6.42 Å². The molecule has 2 amide bonds. The standard InChI is InChI=1S/C21H26N2O2/c1-14(2)22-21(25)19-7-5-6-17(13-19)12-16(4)23-20(24)18-10-8-15(3)9-11-18/h5-11,13-14,16H,12H2,1-4H3,(H,22,25)(H,23,24). The molecule has 0 radical (unpaired) electrons. The van der Waals surface area contributed by atoms with Crippen molar-refractivity contribution in [1.29, 1.82) is 0 Å². The van der Waals surface area contributed by atoms with E-state index in [9.17, 15) is 9.59 Å². The van der Waals surface area contributed by atoms with Gasteiger partial charge in [-0.3, -0.25) is 9.59 Å². The lowest BCUT2D eigenvalue weighted by Crippen LogP contribution is -2.34. The van der Waals surface area contributed by atoms with Crippen molar-refractivity contribution < 1.29 is 9.59 Å². The van der Waals surface area contributed by atoms with Crippen molar-refractivity contribution in [2.75, 3.05) is 0 Å². The maximum atomic E-state index is 12.3. The fraction of sp³-hybridized carbons (Fsp3) is 0.333. The van der Waals surface area contributed by atoms with Crippen molar-refractivity contribution in [2.45, 2.75) is 46.2 Å². The molecule has 0 aliphatic heterocycles. The van der Waals surface area contributed by atoms with Crippen LogP contribution in [0.25, 0.3) is 0 Å². The van der Waals surface area contributed by atoms with Crippen LogP contribution in [0.3, 0.4) is 0 Å². The molecule has 4 heteroatoms.